The summed E-state index contributed by atoms with van der Waals surface area (Å²) < 4.78 is 15.0. The minimum absolute atomic E-state index is 0.281. The van der Waals surface area contributed by atoms with Crippen LogP contribution >= 0.6 is 11.6 Å². The Morgan fingerprint density at radius 1 is 1.37 bits per heavy atom. The zero-order valence-corrected chi connectivity index (χ0v) is 11.8. The fourth-order valence-electron chi connectivity index (χ4n) is 1.91. The van der Waals surface area contributed by atoms with E-state index in [0.717, 1.165) is 29.9 Å². The normalized spacial score (nSPS) is 10.9. The molecular formula is C14H17ClFN3. The lowest BCUT2D eigenvalue weighted by atomic mass is 10.2. The lowest BCUT2D eigenvalue weighted by Gasteiger charge is -2.04. The molecule has 1 aromatic heterocycles. The molecule has 0 saturated carbocycles. The molecule has 19 heavy (non-hydrogen) atoms. The molecule has 0 unspecified atom stereocenters. The van der Waals surface area contributed by atoms with Crippen molar-refractivity contribution >= 4 is 11.6 Å². The van der Waals surface area contributed by atoms with Crippen LogP contribution in [0.2, 0.25) is 5.02 Å². The Bertz CT molecular complexity index is 566. The Labute approximate surface area is 117 Å². The van der Waals surface area contributed by atoms with Crippen LogP contribution in [0.25, 0.3) is 0 Å². The molecule has 3 nitrogen and oxygen atoms in total. The molecule has 0 atom stereocenters. The molecule has 0 saturated heterocycles. The van der Waals surface area contributed by atoms with E-state index in [-0.39, 0.29) is 5.82 Å². The van der Waals surface area contributed by atoms with Gasteiger partial charge in [-0.15, -0.1) is 0 Å². The predicted octanol–water partition coefficient (Wildman–Crippen LogP) is 3.14. The van der Waals surface area contributed by atoms with E-state index >= 15 is 0 Å². The van der Waals surface area contributed by atoms with Crippen molar-refractivity contribution in [2.45, 2.75) is 26.9 Å². The maximum Gasteiger partial charge on any atom is 0.123 e. The maximum atomic E-state index is 13.2. The largest absolute Gasteiger partial charge is 0.313 e. The molecule has 0 aliphatic heterocycles. The first kappa shape index (κ1) is 14.0. The molecule has 5 heteroatoms. The van der Waals surface area contributed by atoms with Gasteiger partial charge in [-0.05, 0) is 37.2 Å². The van der Waals surface area contributed by atoms with Gasteiger partial charge in [0.05, 0.1) is 12.2 Å². The van der Waals surface area contributed by atoms with Crippen molar-refractivity contribution in [2.24, 2.45) is 0 Å². The van der Waals surface area contributed by atoms with E-state index in [2.05, 4.69) is 17.3 Å². The van der Waals surface area contributed by atoms with Crippen LogP contribution in [0, 0.1) is 12.7 Å². The van der Waals surface area contributed by atoms with Crippen LogP contribution in [-0.4, -0.2) is 16.3 Å². The van der Waals surface area contributed by atoms with Gasteiger partial charge in [-0.25, -0.2) is 4.39 Å². The first-order chi connectivity index (χ1) is 9.10. The van der Waals surface area contributed by atoms with Crippen molar-refractivity contribution in [3.8, 4) is 0 Å². The summed E-state index contributed by atoms with van der Waals surface area (Å²) in [4.78, 5) is 0. The first-order valence-electron chi connectivity index (χ1n) is 6.27. The van der Waals surface area contributed by atoms with Crippen LogP contribution in [0.4, 0.5) is 4.39 Å². The quantitative estimate of drug-likeness (QED) is 0.912. The SMILES string of the molecule is CCNCc1cn(Cc2cc(F)ccc2Cl)nc1C. The highest BCUT2D eigenvalue weighted by Gasteiger charge is 2.07. The third kappa shape index (κ3) is 3.55. The lowest BCUT2D eigenvalue weighted by Crippen LogP contribution is -2.11. The molecule has 102 valence electrons. The van der Waals surface area contributed by atoms with Crippen LogP contribution < -0.4 is 5.32 Å². The van der Waals surface area contributed by atoms with E-state index in [1.165, 1.54) is 12.1 Å². The fourth-order valence-corrected chi connectivity index (χ4v) is 2.09. The summed E-state index contributed by atoms with van der Waals surface area (Å²) in [6.07, 6.45) is 1.97. The lowest BCUT2D eigenvalue weighted by molar-refractivity contribution is 0.618. The smallest absolute Gasteiger partial charge is 0.123 e. The van der Waals surface area contributed by atoms with Crippen molar-refractivity contribution < 1.29 is 4.39 Å². The zero-order valence-electron chi connectivity index (χ0n) is 11.1. The molecule has 0 amide bonds. The topological polar surface area (TPSA) is 29.9 Å². The summed E-state index contributed by atoms with van der Waals surface area (Å²) in [5.74, 6) is -0.281. The molecule has 0 bridgehead atoms. The third-order valence-corrected chi connectivity index (χ3v) is 3.32. The van der Waals surface area contributed by atoms with Crippen molar-refractivity contribution in [1.29, 1.82) is 0 Å². The van der Waals surface area contributed by atoms with Crippen LogP contribution in [0.5, 0.6) is 0 Å². The van der Waals surface area contributed by atoms with E-state index < -0.39 is 0 Å². The van der Waals surface area contributed by atoms with Gasteiger partial charge in [0.2, 0.25) is 0 Å². The molecular weight excluding hydrogens is 265 g/mol. The van der Waals surface area contributed by atoms with E-state index in [1.54, 1.807) is 10.7 Å². The molecule has 2 rings (SSSR count). The Morgan fingerprint density at radius 2 is 2.16 bits per heavy atom. The summed E-state index contributed by atoms with van der Waals surface area (Å²) >= 11 is 6.06. The van der Waals surface area contributed by atoms with Gasteiger partial charge in [0.25, 0.3) is 0 Å². The summed E-state index contributed by atoms with van der Waals surface area (Å²) in [5, 5.41) is 8.25. The maximum absolute atomic E-state index is 13.2. The molecule has 1 heterocycles. The summed E-state index contributed by atoms with van der Waals surface area (Å²) in [6, 6.07) is 4.38. The number of aryl methyl sites for hydroxylation is 1. The highest BCUT2D eigenvalue weighted by molar-refractivity contribution is 6.31. The van der Waals surface area contributed by atoms with E-state index in [4.69, 9.17) is 11.6 Å². The van der Waals surface area contributed by atoms with Gasteiger partial charge < -0.3 is 5.32 Å². The van der Waals surface area contributed by atoms with Crippen LogP contribution in [-0.2, 0) is 13.1 Å². The monoisotopic (exact) mass is 281 g/mol. The second-order valence-corrected chi connectivity index (χ2v) is 4.86. The van der Waals surface area contributed by atoms with Crippen LogP contribution in [0.1, 0.15) is 23.7 Å². The zero-order chi connectivity index (χ0) is 13.8. The Balaban J connectivity index is 2.17. The van der Waals surface area contributed by atoms with Crippen molar-refractivity contribution in [2.75, 3.05) is 6.54 Å². The van der Waals surface area contributed by atoms with Gasteiger partial charge in [0.15, 0.2) is 0 Å². The number of nitrogens with one attached hydrogen (secondary N) is 1. The van der Waals surface area contributed by atoms with Gasteiger partial charge in [-0.3, -0.25) is 4.68 Å². The molecule has 0 radical (unpaired) electrons. The van der Waals surface area contributed by atoms with Crippen molar-refractivity contribution in [3.63, 3.8) is 0 Å². The Morgan fingerprint density at radius 3 is 2.89 bits per heavy atom. The van der Waals surface area contributed by atoms with Gasteiger partial charge in [-0.1, -0.05) is 18.5 Å². The standard InChI is InChI=1S/C14H17ClFN3/c1-3-17-7-12-9-19(18-10(12)2)8-11-6-13(16)4-5-14(11)15/h4-6,9,17H,3,7-8H2,1-2H3. The van der Waals surface area contributed by atoms with Crippen LogP contribution in [0.3, 0.4) is 0 Å². The van der Waals surface area contributed by atoms with E-state index in [9.17, 15) is 4.39 Å². The first-order valence-corrected chi connectivity index (χ1v) is 6.65. The third-order valence-electron chi connectivity index (χ3n) is 2.95. The highest BCUT2D eigenvalue weighted by Crippen LogP contribution is 2.18. The van der Waals surface area contributed by atoms with Gasteiger partial charge in [0, 0.05) is 23.3 Å². The fraction of sp³-hybridized carbons (Fsp3) is 0.357. The van der Waals surface area contributed by atoms with Crippen LogP contribution in [0.15, 0.2) is 24.4 Å². The number of benzene rings is 1. The number of rotatable bonds is 5. The second kappa shape index (κ2) is 6.17. The molecule has 2 aromatic rings. The molecule has 0 aliphatic rings. The van der Waals surface area contributed by atoms with E-state index in [1.807, 2.05) is 13.1 Å². The Kier molecular flexibility index (Phi) is 4.56. The molecule has 0 fully saturated rings. The number of hydrogen-bond donors (Lipinski definition) is 1. The molecule has 0 aliphatic carbocycles. The average Bonchev–Trinajstić information content (AvgIpc) is 2.72. The highest BCUT2D eigenvalue weighted by atomic mass is 35.5. The average molecular weight is 282 g/mol. The second-order valence-electron chi connectivity index (χ2n) is 4.45. The number of hydrogen-bond acceptors (Lipinski definition) is 2. The molecule has 0 spiro atoms. The molecule has 1 aromatic carbocycles. The number of aromatic nitrogens is 2. The van der Waals surface area contributed by atoms with Crippen molar-refractivity contribution in [1.82, 2.24) is 15.1 Å². The summed E-state index contributed by atoms with van der Waals surface area (Å²) in [6.45, 7) is 6.21. The predicted molar refractivity (Wildman–Crippen MR) is 74.9 cm³/mol. The Hall–Kier alpha value is -1.39. The molecule has 1 N–H and O–H groups in total. The minimum Gasteiger partial charge on any atom is -0.313 e. The minimum atomic E-state index is -0.281. The van der Waals surface area contributed by atoms with Crippen molar-refractivity contribution in [3.05, 3.63) is 52.1 Å². The van der Waals surface area contributed by atoms with E-state index in [0.29, 0.717) is 11.6 Å². The van der Waals surface area contributed by atoms with Gasteiger partial charge >= 0.3 is 0 Å². The number of nitrogens with zero attached hydrogens (tertiary/aromatic N) is 2. The van der Waals surface area contributed by atoms with Gasteiger partial charge in [-0.2, -0.15) is 5.10 Å². The number of halogens is 2. The van der Waals surface area contributed by atoms with Gasteiger partial charge in [0.1, 0.15) is 5.82 Å². The summed E-state index contributed by atoms with van der Waals surface area (Å²) in [5.41, 5.74) is 2.86. The summed E-state index contributed by atoms with van der Waals surface area (Å²) in [7, 11) is 0.